The van der Waals surface area contributed by atoms with E-state index in [9.17, 15) is 5.11 Å². The van der Waals surface area contributed by atoms with Gasteiger partial charge in [0.15, 0.2) is 0 Å². The second kappa shape index (κ2) is 10.1. The number of hydrogen-bond acceptors (Lipinski definition) is 1. The van der Waals surface area contributed by atoms with Gasteiger partial charge in [-0.05, 0) is 122 Å². The first-order valence-corrected chi connectivity index (χ1v) is 15.5. The Morgan fingerprint density at radius 2 is 1.61 bits per heavy atom. The molecule has 5 rings (SSSR count). The van der Waals surface area contributed by atoms with Gasteiger partial charge in [0.2, 0.25) is 0 Å². The topological polar surface area (TPSA) is 20.2 Å². The zero-order valence-electron chi connectivity index (χ0n) is 23.9. The third-order valence-corrected chi connectivity index (χ3v) is 12.1. The second-order valence-electron chi connectivity index (χ2n) is 14.5. The van der Waals surface area contributed by atoms with Gasteiger partial charge in [-0.25, -0.2) is 0 Å². The van der Waals surface area contributed by atoms with Crippen molar-refractivity contribution in [3.63, 3.8) is 0 Å². The number of benzene rings is 1. The van der Waals surface area contributed by atoms with Crippen molar-refractivity contribution in [2.24, 2.45) is 52.3 Å². The SMILES string of the molecule is CC(C)CCC[C@H](C)[C@@H]1CC[C@H]2[C@H]3CC[C@H]4C[C@@](O)(C#Cc5ccccc5)CC[C@]4(C)[C@@H]3CC[C@@]21C. The Labute approximate surface area is 222 Å². The molecule has 36 heavy (non-hydrogen) atoms. The summed E-state index contributed by atoms with van der Waals surface area (Å²) < 4.78 is 0. The van der Waals surface area contributed by atoms with Gasteiger partial charge in [0.05, 0.1) is 0 Å². The van der Waals surface area contributed by atoms with Crippen LogP contribution in [0.1, 0.15) is 117 Å². The zero-order chi connectivity index (χ0) is 25.6. The molecule has 0 aliphatic heterocycles. The van der Waals surface area contributed by atoms with E-state index in [1.165, 1.54) is 57.8 Å². The van der Waals surface area contributed by atoms with Crippen molar-refractivity contribution in [3.05, 3.63) is 35.9 Å². The molecule has 0 amide bonds. The lowest BCUT2D eigenvalue weighted by atomic mass is 9.43. The lowest BCUT2D eigenvalue weighted by Gasteiger charge is -2.62. The van der Waals surface area contributed by atoms with E-state index in [1.807, 2.05) is 30.3 Å². The van der Waals surface area contributed by atoms with Gasteiger partial charge in [0.25, 0.3) is 0 Å². The predicted octanol–water partition coefficient (Wildman–Crippen LogP) is 8.89. The van der Waals surface area contributed by atoms with Crippen LogP contribution < -0.4 is 0 Å². The molecular weight excluding hydrogens is 436 g/mol. The van der Waals surface area contributed by atoms with Crippen molar-refractivity contribution in [3.8, 4) is 11.8 Å². The molecule has 1 N–H and O–H groups in total. The average Bonchev–Trinajstić information content (AvgIpc) is 3.21. The fourth-order valence-electron chi connectivity index (χ4n) is 10.1. The van der Waals surface area contributed by atoms with E-state index in [2.05, 4.69) is 46.5 Å². The Morgan fingerprint density at radius 1 is 0.861 bits per heavy atom. The Balaban J connectivity index is 1.27. The zero-order valence-corrected chi connectivity index (χ0v) is 23.9. The van der Waals surface area contributed by atoms with Crippen molar-refractivity contribution in [2.75, 3.05) is 0 Å². The Hall–Kier alpha value is -1.26. The molecule has 0 heterocycles. The van der Waals surface area contributed by atoms with Gasteiger partial charge in [-0.15, -0.1) is 0 Å². The molecule has 0 saturated heterocycles. The molecule has 4 saturated carbocycles. The summed E-state index contributed by atoms with van der Waals surface area (Å²) in [6.07, 6.45) is 15.6. The highest BCUT2D eigenvalue weighted by atomic mass is 16.3. The molecule has 0 radical (unpaired) electrons. The van der Waals surface area contributed by atoms with E-state index in [4.69, 9.17) is 0 Å². The summed E-state index contributed by atoms with van der Waals surface area (Å²) in [7, 11) is 0. The van der Waals surface area contributed by atoms with Crippen LogP contribution in [0.25, 0.3) is 0 Å². The van der Waals surface area contributed by atoms with Crippen molar-refractivity contribution in [2.45, 2.75) is 117 Å². The van der Waals surface area contributed by atoms with Gasteiger partial charge in [0.1, 0.15) is 5.60 Å². The summed E-state index contributed by atoms with van der Waals surface area (Å²) in [6.45, 7) is 12.6. The van der Waals surface area contributed by atoms with Crippen molar-refractivity contribution < 1.29 is 5.11 Å². The first-order chi connectivity index (χ1) is 17.1. The highest BCUT2D eigenvalue weighted by Gasteiger charge is 2.61. The van der Waals surface area contributed by atoms with Crippen molar-refractivity contribution in [1.82, 2.24) is 0 Å². The molecule has 1 aromatic carbocycles. The maximum Gasteiger partial charge on any atom is 0.126 e. The van der Waals surface area contributed by atoms with Gasteiger partial charge in [-0.2, -0.15) is 0 Å². The Morgan fingerprint density at radius 3 is 2.36 bits per heavy atom. The minimum absolute atomic E-state index is 0.395. The number of hydrogen-bond donors (Lipinski definition) is 1. The van der Waals surface area contributed by atoms with Gasteiger partial charge < -0.3 is 5.11 Å². The predicted molar refractivity (Wildman–Crippen MR) is 151 cm³/mol. The smallest absolute Gasteiger partial charge is 0.126 e. The van der Waals surface area contributed by atoms with E-state index in [-0.39, 0.29) is 0 Å². The van der Waals surface area contributed by atoms with Crippen LogP contribution in [-0.2, 0) is 0 Å². The molecule has 4 aliphatic carbocycles. The van der Waals surface area contributed by atoms with Gasteiger partial charge in [-0.1, -0.05) is 83.9 Å². The lowest BCUT2D eigenvalue weighted by molar-refractivity contribution is -0.140. The quantitative estimate of drug-likeness (QED) is 0.410. The first kappa shape index (κ1) is 26.4. The molecular formula is C35H52O. The highest BCUT2D eigenvalue weighted by molar-refractivity contribution is 5.36. The molecule has 9 atom stereocenters. The summed E-state index contributed by atoms with van der Waals surface area (Å²) in [5, 5.41) is 11.5. The maximum atomic E-state index is 11.5. The van der Waals surface area contributed by atoms with E-state index >= 15 is 0 Å². The van der Waals surface area contributed by atoms with E-state index < -0.39 is 5.60 Å². The van der Waals surface area contributed by atoms with Crippen LogP contribution in [0.5, 0.6) is 0 Å². The Kier molecular flexibility index (Phi) is 7.42. The van der Waals surface area contributed by atoms with Gasteiger partial charge >= 0.3 is 0 Å². The highest BCUT2D eigenvalue weighted by Crippen LogP contribution is 2.68. The normalized spacial score (nSPS) is 42.6. The van der Waals surface area contributed by atoms with Crippen LogP contribution >= 0.6 is 0 Å². The second-order valence-corrected chi connectivity index (χ2v) is 14.5. The van der Waals surface area contributed by atoms with E-state index in [0.717, 1.165) is 60.3 Å². The fraction of sp³-hybridized carbons (Fsp3) is 0.771. The summed E-state index contributed by atoms with van der Waals surface area (Å²) in [5.74, 6) is 12.6. The standard InChI is InChI=1S/C35H52O/c1-25(2)10-9-11-26(3)30-16-17-31-29-15-14-28-24-35(36,21-18-27-12-7-6-8-13-27)23-22-33(28,4)32(29)19-20-34(30,31)5/h6-8,12-13,25-26,28-32,36H,9-11,14-17,19-20,22-24H2,1-5H3/t26-,28-,29+,30-,31-,32+,33-,34+,35+/m0/s1. The van der Waals surface area contributed by atoms with Crippen LogP contribution in [0, 0.1) is 64.1 Å². The van der Waals surface area contributed by atoms with Crippen LogP contribution in [0.4, 0.5) is 0 Å². The molecule has 0 bridgehead atoms. The molecule has 4 aliphatic rings. The molecule has 4 fully saturated rings. The minimum Gasteiger partial charge on any atom is -0.378 e. The van der Waals surface area contributed by atoms with E-state index in [0.29, 0.717) is 16.7 Å². The maximum absolute atomic E-state index is 11.5. The van der Waals surface area contributed by atoms with Crippen LogP contribution in [0.15, 0.2) is 30.3 Å². The van der Waals surface area contributed by atoms with Gasteiger partial charge in [0, 0.05) is 5.56 Å². The summed E-state index contributed by atoms with van der Waals surface area (Å²) in [5.41, 5.74) is 1.17. The van der Waals surface area contributed by atoms with Gasteiger partial charge in [-0.3, -0.25) is 0 Å². The monoisotopic (exact) mass is 488 g/mol. The third-order valence-electron chi connectivity index (χ3n) is 12.1. The van der Waals surface area contributed by atoms with Crippen molar-refractivity contribution >= 4 is 0 Å². The molecule has 0 spiro atoms. The van der Waals surface area contributed by atoms with Crippen LogP contribution in [0.3, 0.4) is 0 Å². The first-order valence-electron chi connectivity index (χ1n) is 15.5. The molecule has 1 nitrogen and oxygen atoms in total. The number of rotatable bonds is 5. The lowest BCUT2D eigenvalue weighted by Crippen LogP contribution is -2.55. The molecule has 1 heteroatoms. The van der Waals surface area contributed by atoms with Crippen LogP contribution in [-0.4, -0.2) is 10.7 Å². The molecule has 0 unspecified atom stereocenters. The van der Waals surface area contributed by atoms with Crippen molar-refractivity contribution in [1.29, 1.82) is 0 Å². The molecule has 0 aromatic heterocycles. The summed E-state index contributed by atoms with van der Waals surface area (Å²) in [6, 6.07) is 10.2. The minimum atomic E-state index is -0.806. The summed E-state index contributed by atoms with van der Waals surface area (Å²) >= 11 is 0. The van der Waals surface area contributed by atoms with E-state index in [1.54, 1.807) is 0 Å². The fourth-order valence-corrected chi connectivity index (χ4v) is 10.1. The Bertz CT molecular complexity index is 954. The number of aliphatic hydroxyl groups is 1. The molecule has 198 valence electrons. The molecule has 1 aromatic rings. The largest absolute Gasteiger partial charge is 0.378 e. The number of fused-ring (bicyclic) bond motifs is 5. The van der Waals surface area contributed by atoms with Crippen LogP contribution in [0.2, 0.25) is 0 Å². The third kappa shape index (κ3) is 4.82. The summed E-state index contributed by atoms with van der Waals surface area (Å²) in [4.78, 5) is 0. The average molecular weight is 489 g/mol.